The fourth-order valence-corrected chi connectivity index (χ4v) is 3.35. The zero-order valence-corrected chi connectivity index (χ0v) is 15.8. The molecular weight excluding hydrogens is 358 g/mol. The topological polar surface area (TPSA) is 94.2 Å². The summed E-state index contributed by atoms with van der Waals surface area (Å²) in [6.07, 6.45) is 3.38. The molecule has 28 heavy (non-hydrogen) atoms. The van der Waals surface area contributed by atoms with E-state index >= 15 is 0 Å². The quantitative estimate of drug-likeness (QED) is 0.688. The Morgan fingerprint density at radius 1 is 1.32 bits per heavy atom. The van der Waals surface area contributed by atoms with Crippen LogP contribution in [-0.4, -0.2) is 50.6 Å². The highest BCUT2D eigenvalue weighted by molar-refractivity contribution is 5.92. The molecule has 0 radical (unpaired) electrons. The van der Waals surface area contributed by atoms with Gasteiger partial charge in [-0.25, -0.2) is 15.0 Å². The number of amides is 1. The maximum absolute atomic E-state index is 12.7. The third kappa shape index (κ3) is 3.50. The van der Waals surface area contributed by atoms with Crippen molar-refractivity contribution in [1.82, 2.24) is 25.0 Å². The summed E-state index contributed by atoms with van der Waals surface area (Å²) in [7, 11) is 0. The number of ether oxygens (including phenoxy) is 1. The molecule has 0 saturated carbocycles. The molecule has 1 aliphatic rings. The van der Waals surface area contributed by atoms with Crippen LogP contribution < -0.4 is 0 Å². The second-order valence-electron chi connectivity index (χ2n) is 6.57. The minimum Gasteiger partial charge on any atom is -0.368 e. The summed E-state index contributed by atoms with van der Waals surface area (Å²) in [4.78, 5) is 27.1. The van der Waals surface area contributed by atoms with Crippen molar-refractivity contribution < 1.29 is 14.1 Å². The predicted molar refractivity (Wildman–Crippen MR) is 100 cm³/mol. The van der Waals surface area contributed by atoms with Gasteiger partial charge >= 0.3 is 0 Å². The number of hydrogen-bond donors (Lipinski definition) is 0. The van der Waals surface area contributed by atoms with Crippen molar-refractivity contribution in [3.8, 4) is 11.3 Å². The molecule has 3 aromatic heterocycles. The Hall–Kier alpha value is -3.13. The number of rotatable bonds is 4. The Balaban J connectivity index is 1.58. The van der Waals surface area contributed by atoms with Crippen LogP contribution in [0.15, 0.2) is 41.3 Å². The van der Waals surface area contributed by atoms with Gasteiger partial charge in [0, 0.05) is 19.2 Å². The van der Waals surface area contributed by atoms with Gasteiger partial charge in [-0.3, -0.25) is 4.79 Å². The van der Waals surface area contributed by atoms with Crippen molar-refractivity contribution in [2.75, 3.05) is 19.7 Å². The molecular formula is C20H21N5O3. The minimum absolute atomic E-state index is 0.130. The largest absolute Gasteiger partial charge is 0.368 e. The van der Waals surface area contributed by atoms with Gasteiger partial charge in [0.2, 0.25) is 0 Å². The molecule has 0 aromatic carbocycles. The summed E-state index contributed by atoms with van der Waals surface area (Å²) < 4.78 is 11.3. The summed E-state index contributed by atoms with van der Waals surface area (Å²) >= 11 is 0. The second-order valence-corrected chi connectivity index (χ2v) is 6.57. The van der Waals surface area contributed by atoms with E-state index in [9.17, 15) is 4.79 Å². The lowest BCUT2D eigenvalue weighted by Gasteiger charge is -2.32. The van der Waals surface area contributed by atoms with Crippen LogP contribution in [-0.2, 0) is 11.2 Å². The average Bonchev–Trinajstić information content (AvgIpc) is 3.14. The zero-order chi connectivity index (χ0) is 19.5. The summed E-state index contributed by atoms with van der Waals surface area (Å²) in [5.74, 6) is 0.683. The van der Waals surface area contributed by atoms with Crippen LogP contribution >= 0.6 is 0 Å². The van der Waals surface area contributed by atoms with Crippen molar-refractivity contribution in [1.29, 1.82) is 0 Å². The van der Waals surface area contributed by atoms with Crippen molar-refractivity contribution >= 4 is 5.91 Å². The molecule has 4 rings (SSSR count). The Labute approximate surface area is 162 Å². The minimum atomic E-state index is -0.301. The van der Waals surface area contributed by atoms with Gasteiger partial charge in [0.1, 0.15) is 23.9 Å². The molecule has 0 aliphatic carbocycles. The van der Waals surface area contributed by atoms with E-state index in [0.717, 1.165) is 34.8 Å². The van der Waals surface area contributed by atoms with Gasteiger partial charge in [0.15, 0.2) is 0 Å². The van der Waals surface area contributed by atoms with Crippen LogP contribution in [0.2, 0.25) is 0 Å². The van der Waals surface area contributed by atoms with Gasteiger partial charge in [-0.2, -0.15) is 0 Å². The molecule has 144 valence electrons. The molecule has 0 unspecified atom stereocenters. The summed E-state index contributed by atoms with van der Waals surface area (Å²) in [6.45, 7) is 5.31. The number of carbonyl (C=O) groups is 1. The SMILES string of the molecule is CCc1onc(C)c1-c1cccc([C@H]2CN(C(=O)c3ccncn3)CCO2)n1. The number of nitrogens with zero attached hydrogens (tertiary/aromatic N) is 5. The van der Waals surface area contributed by atoms with Crippen LogP contribution in [0.1, 0.15) is 40.7 Å². The van der Waals surface area contributed by atoms with Crippen LogP contribution in [0.3, 0.4) is 0 Å². The zero-order valence-electron chi connectivity index (χ0n) is 15.8. The van der Waals surface area contributed by atoms with E-state index in [-0.39, 0.29) is 12.0 Å². The fourth-order valence-electron chi connectivity index (χ4n) is 3.35. The molecule has 1 aliphatic heterocycles. The first-order valence-corrected chi connectivity index (χ1v) is 9.26. The Kier molecular flexibility index (Phi) is 5.12. The number of aromatic nitrogens is 4. The standard InChI is InChI=1S/C20H21N5O3/c1-3-17-19(13(2)24-28-17)15-6-4-5-14(23-15)18-11-25(9-10-27-18)20(26)16-7-8-21-12-22-16/h4-8,12,18H,3,9-11H2,1-2H3/t18-/m1/s1. The fraction of sp³-hybridized carbons (Fsp3) is 0.350. The smallest absolute Gasteiger partial charge is 0.272 e. The van der Waals surface area contributed by atoms with Crippen LogP contribution in [0.25, 0.3) is 11.3 Å². The maximum Gasteiger partial charge on any atom is 0.272 e. The molecule has 1 saturated heterocycles. The van der Waals surface area contributed by atoms with Gasteiger partial charge in [0.25, 0.3) is 5.91 Å². The number of morpholine rings is 1. The highest BCUT2D eigenvalue weighted by Crippen LogP contribution is 2.29. The van der Waals surface area contributed by atoms with Crippen molar-refractivity contribution in [2.24, 2.45) is 0 Å². The van der Waals surface area contributed by atoms with Gasteiger partial charge in [-0.15, -0.1) is 0 Å². The van der Waals surface area contributed by atoms with E-state index in [1.54, 1.807) is 17.2 Å². The van der Waals surface area contributed by atoms with Crippen molar-refractivity contribution in [2.45, 2.75) is 26.4 Å². The van der Waals surface area contributed by atoms with E-state index < -0.39 is 0 Å². The first-order chi connectivity index (χ1) is 13.7. The van der Waals surface area contributed by atoms with Gasteiger partial charge < -0.3 is 14.2 Å². The van der Waals surface area contributed by atoms with E-state index in [4.69, 9.17) is 14.2 Å². The summed E-state index contributed by atoms with van der Waals surface area (Å²) in [5, 5.41) is 4.06. The lowest BCUT2D eigenvalue weighted by Crippen LogP contribution is -2.42. The van der Waals surface area contributed by atoms with Gasteiger partial charge in [-0.1, -0.05) is 18.1 Å². The molecule has 0 bridgehead atoms. The van der Waals surface area contributed by atoms with E-state index in [1.165, 1.54) is 6.33 Å². The first kappa shape index (κ1) is 18.2. The van der Waals surface area contributed by atoms with Crippen LogP contribution in [0, 0.1) is 6.92 Å². The molecule has 1 amide bonds. The second kappa shape index (κ2) is 7.85. The molecule has 4 heterocycles. The summed E-state index contributed by atoms with van der Waals surface area (Å²) in [5.41, 5.74) is 3.70. The first-order valence-electron chi connectivity index (χ1n) is 9.26. The molecule has 1 atom stereocenters. The highest BCUT2D eigenvalue weighted by atomic mass is 16.5. The van der Waals surface area contributed by atoms with E-state index in [2.05, 4.69) is 15.1 Å². The third-order valence-electron chi connectivity index (χ3n) is 4.77. The Bertz CT molecular complexity index is 973. The lowest BCUT2D eigenvalue weighted by atomic mass is 10.1. The van der Waals surface area contributed by atoms with Crippen LogP contribution in [0.5, 0.6) is 0 Å². The third-order valence-corrected chi connectivity index (χ3v) is 4.77. The van der Waals surface area contributed by atoms with Gasteiger partial charge in [-0.05, 0) is 25.1 Å². The van der Waals surface area contributed by atoms with Crippen LogP contribution in [0.4, 0.5) is 0 Å². The number of hydrogen-bond acceptors (Lipinski definition) is 7. The van der Waals surface area contributed by atoms with Crippen molar-refractivity contribution in [3.05, 3.63) is 59.6 Å². The monoisotopic (exact) mass is 379 g/mol. The molecule has 0 N–H and O–H groups in total. The highest BCUT2D eigenvalue weighted by Gasteiger charge is 2.28. The molecule has 0 spiro atoms. The molecule has 8 nitrogen and oxygen atoms in total. The Morgan fingerprint density at radius 2 is 2.21 bits per heavy atom. The number of carbonyl (C=O) groups excluding carboxylic acids is 1. The average molecular weight is 379 g/mol. The lowest BCUT2D eigenvalue weighted by molar-refractivity contribution is -0.0248. The van der Waals surface area contributed by atoms with E-state index in [1.807, 2.05) is 32.0 Å². The molecule has 1 fully saturated rings. The van der Waals surface area contributed by atoms with E-state index in [0.29, 0.717) is 25.4 Å². The summed E-state index contributed by atoms with van der Waals surface area (Å²) in [6, 6.07) is 7.42. The number of aryl methyl sites for hydroxylation is 2. The molecule has 3 aromatic rings. The van der Waals surface area contributed by atoms with Gasteiger partial charge in [0.05, 0.1) is 35.8 Å². The predicted octanol–water partition coefficient (Wildman–Crippen LogP) is 2.61. The van der Waals surface area contributed by atoms with Crippen molar-refractivity contribution in [3.63, 3.8) is 0 Å². The maximum atomic E-state index is 12.7. The normalized spacial score (nSPS) is 16.9. The number of pyridine rings is 1. The Morgan fingerprint density at radius 3 is 3.00 bits per heavy atom. The molecule has 8 heteroatoms.